The third-order valence-electron chi connectivity index (χ3n) is 2.51. The first-order valence-electron chi connectivity index (χ1n) is 5.92. The van der Waals surface area contributed by atoms with Crippen molar-refractivity contribution >= 4 is 10.3 Å². The average Bonchev–Trinajstić information content (AvgIpc) is 2.63. The van der Waals surface area contributed by atoms with Gasteiger partial charge in [0.25, 0.3) is 0 Å². The van der Waals surface area contributed by atoms with Gasteiger partial charge in [-0.05, 0) is 25.0 Å². The second-order valence-corrected chi connectivity index (χ2v) is 5.19. The minimum absolute atomic E-state index is 0.798. The molecule has 17 heavy (non-hydrogen) atoms. The lowest BCUT2D eigenvalue weighted by Gasteiger charge is -2.07. The van der Waals surface area contributed by atoms with E-state index in [0.29, 0.717) is 0 Å². The Bertz CT molecular complexity index is 426. The zero-order valence-corrected chi connectivity index (χ0v) is 10.9. The maximum absolute atomic E-state index is 10.8. The highest BCUT2D eigenvalue weighted by atomic mass is 32.2. The van der Waals surface area contributed by atoms with E-state index in [4.69, 9.17) is 5.14 Å². The highest BCUT2D eigenvalue weighted by molar-refractivity contribution is 7.84. The van der Waals surface area contributed by atoms with Crippen molar-refractivity contribution in [3.05, 3.63) is 24.0 Å². The maximum Gasteiger partial charge on any atom is 0.398 e. The van der Waals surface area contributed by atoms with E-state index in [0.717, 1.165) is 25.0 Å². The summed E-state index contributed by atoms with van der Waals surface area (Å²) in [4.78, 5) is 0. The third kappa shape index (κ3) is 5.74. The van der Waals surface area contributed by atoms with Gasteiger partial charge in [0.15, 0.2) is 0 Å². The second-order valence-electron chi connectivity index (χ2n) is 4.06. The van der Waals surface area contributed by atoms with E-state index < -0.39 is 10.3 Å². The Morgan fingerprint density at radius 1 is 1.29 bits per heavy atom. The molecule has 0 saturated carbocycles. The SMILES string of the molecule is CCCCCCCc1cccn1OS(N)(=O)=O. The molecule has 5 nitrogen and oxygen atoms in total. The van der Waals surface area contributed by atoms with Crippen molar-refractivity contribution in [1.29, 1.82) is 0 Å². The molecule has 0 aliphatic rings. The molecule has 0 amide bonds. The van der Waals surface area contributed by atoms with Gasteiger partial charge in [0.1, 0.15) is 0 Å². The molecule has 0 aliphatic carbocycles. The van der Waals surface area contributed by atoms with Gasteiger partial charge in [-0.3, -0.25) is 4.28 Å². The summed E-state index contributed by atoms with van der Waals surface area (Å²) in [6.45, 7) is 2.17. The minimum Gasteiger partial charge on any atom is -0.276 e. The number of nitrogens with zero attached hydrogens (tertiary/aromatic N) is 1. The number of rotatable bonds is 8. The number of nitrogens with two attached hydrogens (primary N) is 1. The minimum atomic E-state index is -3.95. The van der Waals surface area contributed by atoms with E-state index in [9.17, 15) is 8.42 Å². The van der Waals surface area contributed by atoms with Gasteiger partial charge in [-0.1, -0.05) is 32.6 Å². The largest absolute Gasteiger partial charge is 0.398 e. The van der Waals surface area contributed by atoms with Crippen LogP contribution in [0.2, 0.25) is 0 Å². The van der Waals surface area contributed by atoms with E-state index >= 15 is 0 Å². The lowest BCUT2D eigenvalue weighted by Crippen LogP contribution is -2.27. The second kappa shape index (κ2) is 6.66. The Balaban J connectivity index is 2.41. The predicted octanol–water partition coefficient (Wildman–Crippen LogP) is 1.63. The summed E-state index contributed by atoms with van der Waals surface area (Å²) in [6.07, 6.45) is 8.19. The normalized spacial score (nSPS) is 11.6. The molecule has 0 spiro atoms. The molecule has 6 heteroatoms. The van der Waals surface area contributed by atoms with Gasteiger partial charge in [-0.25, -0.2) is 0 Å². The van der Waals surface area contributed by atoms with Crippen LogP contribution < -0.4 is 9.42 Å². The molecule has 0 atom stereocenters. The molecule has 0 saturated heterocycles. The van der Waals surface area contributed by atoms with Crippen molar-refractivity contribution in [3.8, 4) is 0 Å². The lowest BCUT2D eigenvalue weighted by atomic mass is 10.1. The Morgan fingerprint density at radius 3 is 2.65 bits per heavy atom. The number of aryl methyl sites for hydroxylation is 1. The zero-order valence-electron chi connectivity index (χ0n) is 10.1. The van der Waals surface area contributed by atoms with Crippen LogP contribution in [0.1, 0.15) is 44.7 Å². The monoisotopic (exact) mass is 260 g/mol. The lowest BCUT2D eigenvalue weighted by molar-refractivity contribution is 0.269. The first-order chi connectivity index (χ1) is 8.03. The first-order valence-corrected chi connectivity index (χ1v) is 7.39. The Hall–Kier alpha value is -1.01. The van der Waals surface area contributed by atoms with Gasteiger partial charge in [-0.15, -0.1) is 0 Å². The fraction of sp³-hybridized carbons (Fsp3) is 0.636. The molecule has 98 valence electrons. The molecule has 1 aromatic rings. The Labute approximate surface area is 103 Å². The predicted molar refractivity (Wildman–Crippen MR) is 66.6 cm³/mol. The average molecular weight is 260 g/mol. The molecule has 0 aliphatic heterocycles. The van der Waals surface area contributed by atoms with Crippen molar-refractivity contribution in [2.45, 2.75) is 45.4 Å². The van der Waals surface area contributed by atoms with Gasteiger partial charge in [0, 0.05) is 6.20 Å². The molecular weight excluding hydrogens is 240 g/mol. The summed E-state index contributed by atoms with van der Waals surface area (Å²) in [5, 5.41) is 4.82. The zero-order chi connectivity index (χ0) is 12.7. The van der Waals surface area contributed by atoms with Crippen LogP contribution >= 0.6 is 0 Å². The Kier molecular flexibility index (Phi) is 5.50. The van der Waals surface area contributed by atoms with Crippen LogP contribution in [0.3, 0.4) is 0 Å². The highest BCUT2D eigenvalue weighted by Crippen LogP contribution is 2.09. The van der Waals surface area contributed by atoms with Crippen LogP contribution in [0.15, 0.2) is 18.3 Å². The maximum atomic E-state index is 10.8. The van der Waals surface area contributed by atoms with E-state index in [2.05, 4.69) is 11.2 Å². The van der Waals surface area contributed by atoms with Gasteiger partial charge >= 0.3 is 10.3 Å². The van der Waals surface area contributed by atoms with Gasteiger partial charge in [0.2, 0.25) is 0 Å². The van der Waals surface area contributed by atoms with E-state index in [1.807, 2.05) is 6.07 Å². The first kappa shape index (κ1) is 14.1. The van der Waals surface area contributed by atoms with Crippen LogP contribution in [-0.4, -0.2) is 13.1 Å². The fourth-order valence-corrected chi connectivity index (χ4v) is 2.06. The number of hydrogen-bond acceptors (Lipinski definition) is 3. The van der Waals surface area contributed by atoms with Gasteiger partial charge < -0.3 is 0 Å². The van der Waals surface area contributed by atoms with Crippen LogP contribution in [0.5, 0.6) is 0 Å². The quantitative estimate of drug-likeness (QED) is 0.722. The summed E-state index contributed by atoms with van der Waals surface area (Å²) in [6, 6.07) is 3.58. The molecule has 0 aromatic carbocycles. The molecule has 0 bridgehead atoms. The molecule has 1 rings (SSSR count). The summed E-state index contributed by atoms with van der Waals surface area (Å²) in [5.74, 6) is 0. The van der Waals surface area contributed by atoms with Crippen LogP contribution in [0.25, 0.3) is 0 Å². The molecular formula is C11H20N2O3S. The van der Waals surface area contributed by atoms with Crippen molar-refractivity contribution < 1.29 is 12.7 Å². The van der Waals surface area contributed by atoms with Gasteiger partial charge in [0.05, 0.1) is 5.69 Å². The number of unbranched alkanes of at least 4 members (excludes halogenated alkanes) is 4. The molecule has 0 radical (unpaired) electrons. The molecule has 1 aromatic heterocycles. The van der Waals surface area contributed by atoms with Crippen LogP contribution in [0.4, 0.5) is 0 Å². The summed E-state index contributed by atoms with van der Waals surface area (Å²) < 4.78 is 27.4. The highest BCUT2D eigenvalue weighted by Gasteiger charge is 2.07. The van der Waals surface area contributed by atoms with Crippen molar-refractivity contribution in [2.24, 2.45) is 5.14 Å². The molecule has 2 N–H and O–H groups in total. The topological polar surface area (TPSA) is 74.3 Å². The number of hydrogen-bond donors (Lipinski definition) is 1. The molecule has 1 heterocycles. The van der Waals surface area contributed by atoms with Crippen molar-refractivity contribution in [2.75, 3.05) is 0 Å². The van der Waals surface area contributed by atoms with Crippen LogP contribution in [-0.2, 0) is 16.7 Å². The smallest absolute Gasteiger partial charge is 0.276 e. The van der Waals surface area contributed by atoms with Crippen molar-refractivity contribution in [3.63, 3.8) is 0 Å². The Morgan fingerprint density at radius 2 is 2.00 bits per heavy atom. The van der Waals surface area contributed by atoms with Gasteiger partial charge in [-0.2, -0.15) is 18.3 Å². The van der Waals surface area contributed by atoms with Crippen molar-refractivity contribution in [1.82, 2.24) is 4.73 Å². The fourth-order valence-electron chi connectivity index (χ4n) is 1.69. The third-order valence-corrected chi connectivity index (χ3v) is 2.88. The summed E-state index contributed by atoms with van der Waals surface area (Å²) in [7, 11) is -3.95. The van der Waals surface area contributed by atoms with E-state index in [1.54, 1.807) is 12.3 Å². The van der Waals surface area contributed by atoms with E-state index in [-0.39, 0.29) is 0 Å². The summed E-state index contributed by atoms with van der Waals surface area (Å²) in [5.41, 5.74) is 0.829. The standard InChI is InChI=1S/C11H20N2O3S/c1-2-3-4-5-6-8-11-9-7-10-13(11)16-17(12,14)15/h7,9-10H,2-6,8H2,1H3,(H2,12,14,15). The van der Waals surface area contributed by atoms with E-state index in [1.165, 1.54) is 24.0 Å². The number of aromatic nitrogens is 1. The summed E-state index contributed by atoms with van der Waals surface area (Å²) >= 11 is 0. The molecule has 0 fully saturated rings. The van der Waals surface area contributed by atoms with Crippen LogP contribution in [0, 0.1) is 0 Å². The molecule has 0 unspecified atom stereocenters.